The summed E-state index contributed by atoms with van der Waals surface area (Å²) in [4.78, 5) is 14.6. The molecule has 1 aromatic heterocycles. The summed E-state index contributed by atoms with van der Waals surface area (Å²) in [7, 11) is 3.73. The zero-order chi connectivity index (χ0) is 15.2. The molecule has 0 saturated heterocycles. The van der Waals surface area contributed by atoms with Crippen LogP contribution in [0.4, 0.5) is 0 Å². The van der Waals surface area contributed by atoms with Crippen molar-refractivity contribution in [2.75, 3.05) is 13.6 Å². The number of rotatable bonds is 8. The Morgan fingerprint density at radius 3 is 2.40 bits per heavy atom. The standard InChI is InChI=1S/C15H28N4O/c1-5-7-15(12-16,8-6-2)14(20)18(3)10-13-9-17-19(4)11-13/h9,11H,5-8,10,12,16H2,1-4H3. The van der Waals surface area contributed by atoms with Crippen LogP contribution in [0.1, 0.15) is 45.1 Å². The number of nitrogens with zero attached hydrogens (tertiary/aromatic N) is 3. The molecule has 20 heavy (non-hydrogen) atoms. The topological polar surface area (TPSA) is 64.2 Å². The van der Waals surface area contributed by atoms with Crippen LogP contribution in [0.5, 0.6) is 0 Å². The fourth-order valence-corrected chi connectivity index (χ4v) is 2.89. The molecule has 0 saturated carbocycles. The monoisotopic (exact) mass is 280 g/mol. The Balaban J connectivity index is 2.82. The summed E-state index contributed by atoms with van der Waals surface area (Å²) >= 11 is 0. The lowest BCUT2D eigenvalue weighted by Gasteiger charge is -2.34. The molecule has 0 radical (unpaired) electrons. The molecule has 0 fully saturated rings. The van der Waals surface area contributed by atoms with E-state index < -0.39 is 5.41 Å². The summed E-state index contributed by atoms with van der Waals surface area (Å²) in [5.41, 5.74) is 6.59. The molecule has 1 aromatic rings. The maximum absolute atomic E-state index is 12.8. The van der Waals surface area contributed by atoms with Gasteiger partial charge in [-0.3, -0.25) is 9.48 Å². The Hall–Kier alpha value is -1.36. The molecule has 1 heterocycles. The zero-order valence-electron chi connectivity index (χ0n) is 13.2. The number of amides is 1. The van der Waals surface area contributed by atoms with Crippen LogP contribution >= 0.6 is 0 Å². The first-order chi connectivity index (χ1) is 9.49. The van der Waals surface area contributed by atoms with Crippen molar-refractivity contribution in [3.05, 3.63) is 18.0 Å². The maximum atomic E-state index is 12.8. The van der Waals surface area contributed by atoms with Gasteiger partial charge in [0, 0.05) is 38.9 Å². The minimum absolute atomic E-state index is 0.160. The fourth-order valence-electron chi connectivity index (χ4n) is 2.89. The first-order valence-electron chi connectivity index (χ1n) is 7.42. The normalized spacial score (nSPS) is 11.7. The molecule has 1 rings (SSSR count). The van der Waals surface area contributed by atoms with Crippen molar-refractivity contribution >= 4 is 5.91 Å². The molecule has 1 amide bonds. The number of carbonyl (C=O) groups is 1. The highest BCUT2D eigenvalue weighted by atomic mass is 16.2. The van der Waals surface area contributed by atoms with E-state index >= 15 is 0 Å². The van der Waals surface area contributed by atoms with Gasteiger partial charge in [-0.05, 0) is 12.8 Å². The second-order valence-electron chi connectivity index (χ2n) is 5.67. The van der Waals surface area contributed by atoms with Gasteiger partial charge in [0.1, 0.15) is 0 Å². The van der Waals surface area contributed by atoms with E-state index in [0.717, 1.165) is 31.2 Å². The maximum Gasteiger partial charge on any atom is 0.230 e. The van der Waals surface area contributed by atoms with Gasteiger partial charge in [0.25, 0.3) is 0 Å². The minimum Gasteiger partial charge on any atom is -0.341 e. The second-order valence-corrected chi connectivity index (χ2v) is 5.67. The smallest absolute Gasteiger partial charge is 0.230 e. The number of carbonyl (C=O) groups excluding carboxylic acids is 1. The molecule has 0 aliphatic carbocycles. The highest BCUT2D eigenvalue weighted by Crippen LogP contribution is 2.31. The Bertz CT molecular complexity index is 421. The van der Waals surface area contributed by atoms with Gasteiger partial charge in [-0.1, -0.05) is 26.7 Å². The molecule has 0 unspecified atom stereocenters. The Labute approximate surface area is 122 Å². The van der Waals surface area contributed by atoms with Crippen LogP contribution < -0.4 is 5.73 Å². The third-order valence-corrected chi connectivity index (χ3v) is 3.83. The number of aryl methyl sites for hydroxylation is 1. The Morgan fingerprint density at radius 1 is 1.40 bits per heavy atom. The van der Waals surface area contributed by atoms with Gasteiger partial charge in [0.05, 0.1) is 11.6 Å². The molecule has 0 aliphatic rings. The van der Waals surface area contributed by atoms with Crippen LogP contribution in [0.15, 0.2) is 12.4 Å². The third kappa shape index (κ3) is 3.82. The Kier molecular flexibility index (Phi) is 6.20. The fraction of sp³-hybridized carbons (Fsp3) is 0.733. The summed E-state index contributed by atoms with van der Waals surface area (Å²) in [5.74, 6) is 0.160. The van der Waals surface area contributed by atoms with Crippen LogP contribution in [0.2, 0.25) is 0 Å². The summed E-state index contributed by atoms with van der Waals surface area (Å²) in [6, 6.07) is 0. The first-order valence-corrected chi connectivity index (χ1v) is 7.42. The van der Waals surface area contributed by atoms with Crippen LogP contribution in [0.3, 0.4) is 0 Å². The lowest BCUT2D eigenvalue weighted by Crippen LogP contribution is -2.46. The van der Waals surface area contributed by atoms with E-state index in [2.05, 4.69) is 18.9 Å². The molecule has 0 spiro atoms. The average Bonchev–Trinajstić information content (AvgIpc) is 2.82. The van der Waals surface area contributed by atoms with Gasteiger partial charge in [0.15, 0.2) is 0 Å². The third-order valence-electron chi connectivity index (χ3n) is 3.83. The highest BCUT2D eigenvalue weighted by Gasteiger charge is 2.37. The van der Waals surface area contributed by atoms with Gasteiger partial charge in [-0.15, -0.1) is 0 Å². The van der Waals surface area contributed by atoms with Gasteiger partial charge in [0.2, 0.25) is 5.91 Å². The molecule has 5 nitrogen and oxygen atoms in total. The summed E-state index contributed by atoms with van der Waals surface area (Å²) < 4.78 is 1.75. The van der Waals surface area contributed by atoms with Crippen molar-refractivity contribution in [2.45, 2.75) is 46.1 Å². The van der Waals surface area contributed by atoms with Gasteiger partial charge in [-0.2, -0.15) is 5.10 Å². The molecule has 0 aliphatic heterocycles. The molecule has 114 valence electrons. The largest absolute Gasteiger partial charge is 0.341 e. The SMILES string of the molecule is CCCC(CN)(CCC)C(=O)N(C)Cc1cnn(C)c1. The van der Waals surface area contributed by atoms with Crippen molar-refractivity contribution < 1.29 is 4.79 Å². The lowest BCUT2D eigenvalue weighted by atomic mass is 9.78. The number of aromatic nitrogens is 2. The Morgan fingerprint density at radius 2 is 2.00 bits per heavy atom. The predicted molar refractivity (Wildman–Crippen MR) is 81.0 cm³/mol. The number of hydrogen-bond donors (Lipinski definition) is 1. The zero-order valence-corrected chi connectivity index (χ0v) is 13.2. The first kappa shape index (κ1) is 16.7. The van der Waals surface area contributed by atoms with Gasteiger partial charge < -0.3 is 10.6 Å². The van der Waals surface area contributed by atoms with Gasteiger partial charge in [-0.25, -0.2) is 0 Å². The predicted octanol–water partition coefficient (Wildman–Crippen LogP) is 1.92. The molecule has 0 atom stereocenters. The van der Waals surface area contributed by atoms with E-state index in [1.165, 1.54) is 0 Å². The quantitative estimate of drug-likeness (QED) is 0.791. The van der Waals surface area contributed by atoms with Crippen molar-refractivity contribution in [3.63, 3.8) is 0 Å². The number of hydrogen-bond acceptors (Lipinski definition) is 3. The van der Waals surface area contributed by atoms with E-state index in [1.54, 1.807) is 15.8 Å². The van der Waals surface area contributed by atoms with E-state index in [9.17, 15) is 4.79 Å². The molecule has 0 aromatic carbocycles. The summed E-state index contributed by atoms with van der Waals surface area (Å²) in [6.45, 7) is 5.22. The van der Waals surface area contributed by atoms with Crippen molar-refractivity contribution in [3.8, 4) is 0 Å². The number of nitrogens with two attached hydrogens (primary N) is 1. The average molecular weight is 280 g/mol. The van der Waals surface area contributed by atoms with E-state index in [4.69, 9.17) is 5.73 Å². The van der Waals surface area contributed by atoms with Crippen LogP contribution in [-0.4, -0.2) is 34.2 Å². The van der Waals surface area contributed by atoms with E-state index in [1.807, 2.05) is 20.3 Å². The molecule has 0 bridgehead atoms. The molecule has 2 N–H and O–H groups in total. The van der Waals surface area contributed by atoms with E-state index in [0.29, 0.717) is 13.1 Å². The highest BCUT2D eigenvalue weighted by molar-refractivity contribution is 5.82. The second kappa shape index (κ2) is 7.43. The van der Waals surface area contributed by atoms with Crippen molar-refractivity contribution in [2.24, 2.45) is 18.2 Å². The van der Waals surface area contributed by atoms with Crippen LogP contribution in [-0.2, 0) is 18.4 Å². The molecule has 5 heteroatoms. The van der Waals surface area contributed by atoms with Crippen LogP contribution in [0, 0.1) is 5.41 Å². The summed E-state index contributed by atoms with van der Waals surface area (Å²) in [6.07, 6.45) is 7.40. The van der Waals surface area contributed by atoms with Gasteiger partial charge >= 0.3 is 0 Å². The minimum atomic E-state index is -0.402. The molecular formula is C15H28N4O. The van der Waals surface area contributed by atoms with Crippen molar-refractivity contribution in [1.82, 2.24) is 14.7 Å². The summed E-state index contributed by atoms with van der Waals surface area (Å²) in [5, 5.41) is 4.14. The lowest BCUT2D eigenvalue weighted by molar-refractivity contribution is -0.141. The van der Waals surface area contributed by atoms with Crippen LogP contribution in [0.25, 0.3) is 0 Å². The molecular weight excluding hydrogens is 252 g/mol. The van der Waals surface area contributed by atoms with E-state index in [-0.39, 0.29) is 5.91 Å². The van der Waals surface area contributed by atoms with Crippen molar-refractivity contribution in [1.29, 1.82) is 0 Å².